The van der Waals surface area contributed by atoms with E-state index in [1.807, 2.05) is 13.0 Å². The van der Waals surface area contributed by atoms with Gasteiger partial charge in [0.15, 0.2) is 14.9 Å². The van der Waals surface area contributed by atoms with Crippen molar-refractivity contribution in [2.24, 2.45) is 0 Å². The molecule has 0 aliphatic rings. The van der Waals surface area contributed by atoms with E-state index in [9.17, 15) is 8.42 Å². The van der Waals surface area contributed by atoms with Crippen molar-refractivity contribution in [2.75, 3.05) is 6.26 Å². The van der Waals surface area contributed by atoms with Crippen molar-refractivity contribution in [3.8, 4) is 5.69 Å². The minimum atomic E-state index is -3.34. The van der Waals surface area contributed by atoms with Gasteiger partial charge in [-0.25, -0.2) is 13.1 Å². The van der Waals surface area contributed by atoms with Crippen molar-refractivity contribution in [2.45, 2.75) is 18.4 Å². The number of sulfone groups is 1. The largest absolute Gasteiger partial charge is 0.222 e. The van der Waals surface area contributed by atoms with Crippen molar-refractivity contribution in [1.82, 2.24) is 15.0 Å². The predicted octanol–water partition coefficient (Wildman–Crippen LogP) is 1.89. The highest BCUT2D eigenvalue weighted by Crippen LogP contribution is 2.20. The average molecular weight is 286 g/mol. The average Bonchev–Trinajstić information content (AvgIpc) is 2.77. The molecule has 0 amide bonds. The predicted molar refractivity (Wildman–Crippen MR) is 68.9 cm³/mol. The standard InChI is InChI=1S/C11H12ClN3O2S/c1-3-8-6-9(12)4-5-10(8)15-7-11(13-14-15)18(2,16)17/h4-7H,3H2,1-2H3. The maximum Gasteiger partial charge on any atom is 0.197 e. The molecule has 1 heterocycles. The van der Waals surface area contributed by atoms with Crippen LogP contribution < -0.4 is 0 Å². The van der Waals surface area contributed by atoms with Gasteiger partial charge in [0.25, 0.3) is 0 Å². The third kappa shape index (κ3) is 2.54. The molecule has 0 saturated carbocycles. The lowest BCUT2D eigenvalue weighted by Crippen LogP contribution is -2.00. The molecular weight excluding hydrogens is 274 g/mol. The summed E-state index contributed by atoms with van der Waals surface area (Å²) < 4.78 is 24.1. The maximum absolute atomic E-state index is 11.3. The Balaban J connectivity index is 2.53. The fourth-order valence-corrected chi connectivity index (χ4v) is 2.27. The molecule has 2 aromatic rings. The van der Waals surface area contributed by atoms with Gasteiger partial charge in [0.1, 0.15) is 0 Å². The van der Waals surface area contributed by atoms with Crippen molar-refractivity contribution in [3.63, 3.8) is 0 Å². The second kappa shape index (κ2) is 4.70. The van der Waals surface area contributed by atoms with Crippen LogP contribution in [0.4, 0.5) is 0 Å². The van der Waals surface area contributed by atoms with Crippen LogP contribution in [0.2, 0.25) is 5.02 Å². The van der Waals surface area contributed by atoms with Gasteiger partial charge in [0, 0.05) is 11.3 Å². The number of hydrogen-bond donors (Lipinski definition) is 0. The SMILES string of the molecule is CCc1cc(Cl)ccc1-n1cc(S(C)(=O)=O)nn1. The lowest BCUT2D eigenvalue weighted by atomic mass is 10.1. The lowest BCUT2D eigenvalue weighted by molar-refractivity contribution is 0.598. The van der Waals surface area contributed by atoms with E-state index in [2.05, 4.69) is 10.3 Å². The van der Waals surface area contributed by atoms with Gasteiger partial charge >= 0.3 is 0 Å². The van der Waals surface area contributed by atoms with Gasteiger partial charge in [-0.15, -0.1) is 5.10 Å². The highest BCUT2D eigenvalue weighted by atomic mass is 35.5. The van der Waals surface area contributed by atoms with Crippen LogP contribution in [0.1, 0.15) is 12.5 Å². The van der Waals surface area contributed by atoms with Crippen LogP contribution in [0.3, 0.4) is 0 Å². The Hall–Kier alpha value is -1.40. The van der Waals surface area contributed by atoms with Gasteiger partial charge in [-0.05, 0) is 30.2 Å². The fourth-order valence-electron chi connectivity index (χ4n) is 1.60. The summed E-state index contributed by atoms with van der Waals surface area (Å²) in [6.45, 7) is 1.99. The van der Waals surface area contributed by atoms with Crippen LogP contribution in [0.15, 0.2) is 29.4 Å². The number of aromatic nitrogens is 3. The summed E-state index contributed by atoms with van der Waals surface area (Å²) >= 11 is 5.92. The molecule has 5 nitrogen and oxygen atoms in total. The van der Waals surface area contributed by atoms with E-state index in [-0.39, 0.29) is 5.03 Å². The second-order valence-corrected chi connectivity index (χ2v) is 6.30. The molecular formula is C11H12ClN3O2S. The molecule has 0 N–H and O–H groups in total. The number of nitrogens with zero attached hydrogens (tertiary/aromatic N) is 3. The first kappa shape index (κ1) is 13.0. The van der Waals surface area contributed by atoms with Crippen LogP contribution in [0.5, 0.6) is 0 Å². The minimum absolute atomic E-state index is 0.0421. The van der Waals surface area contributed by atoms with Crippen LogP contribution in [-0.2, 0) is 16.3 Å². The molecule has 7 heteroatoms. The van der Waals surface area contributed by atoms with Crippen LogP contribution >= 0.6 is 11.6 Å². The molecule has 0 fully saturated rings. The van der Waals surface area contributed by atoms with E-state index in [0.717, 1.165) is 23.9 Å². The summed E-state index contributed by atoms with van der Waals surface area (Å²) in [5, 5.41) is 8.09. The van der Waals surface area contributed by atoms with E-state index < -0.39 is 9.84 Å². The molecule has 1 aromatic heterocycles. The second-order valence-electron chi connectivity index (χ2n) is 3.90. The van der Waals surface area contributed by atoms with Gasteiger partial charge in [-0.3, -0.25) is 0 Å². The fraction of sp³-hybridized carbons (Fsp3) is 0.273. The number of benzene rings is 1. The first-order chi connectivity index (χ1) is 8.41. The van der Waals surface area contributed by atoms with Crippen LogP contribution in [0, 0.1) is 0 Å². The van der Waals surface area contributed by atoms with E-state index in [1.165, 1.54) is 10.9 Å². The Morgan fingerprint density at radius 2 is 2.11 bits per heavy atom. The van der Waals surface area contributed by atoms with Gasteiger partial charge in [-0.1, -0.05) is 23.7 Å². The Morgan fingerprint density at radius 3 is 2.67 bits per heavy atom. The zero-order valence-electron chi connectivity index (χ0n) is 9.96. The van der Waals surface area contributed by atoms with Gasteiger partial charge in [-0.2, -0.15) is 0 Å². The topological polar surface area (TPSA) is 64.8 Å². The Morgan fingerprint density at radius 1 is 1.39 bits per heavy atom. The van der Waals surface area contributed by atoms with Crippen molar-refractivity contribution >= 4 is 21.4 Å². The zero-order chi connectivity index (χ0) is 13.3. The summed E-state index contributed by atoms with van der Waals surface area (Å²) in [5.74, 6) is 0. The number of rotatable bonds is 3. The van der Waals surface area contributed by atoms with E-state index >= 15 is 0 Å². The Bertz CT molecular complexity index is 679. The third-order valence-electron chi connectivity index (χ3n) is 2.52. The molecule has 0 bridgehead atoms. The normalized spacial score (nSPS) is 11.7. The number of halogens is 1. The van der Waals surface area contributed by atoms with E-state index in [1.54, 1.807) is 12.1 Å². The smallest absolute Gasteiger partial charge is 0.197 e. The zero-order valence-corrected chi connectivity index (χ0v) is 11.5. The summed E-state index contributed by atoms with van der Waals surface area (Å²) in [4.78, 5) is 0. The summed E-state index contributed by atoms with van der Waals surface area (Å²) in [6.07, 6.45) is 3.27. The molecule has 0 unspecified atom stereocenters. The molecule has 0 atom stereocenters. The molecule has 96 valence electrons. The molecule has 1 aromatic carbocycles. The number of hydrogen-bond acceptors (Lipinski definition) is 4. The summed E-state index contributed by atoms with van der Waals surface area (Å²) in [6, 6.07) is 5.36. The first-order valence-electron chi connectivity index (χ1n) is 5.33. The maximum atomic E-state index is 11.3. The van der Waals surface area contributed by atoms with Crippen molar-refractivity contribution in [1.29, 1.82) is 0 Å². The van der Waals surface area contributed by atoms with Gasteiger partial charge in [0.2, 0.25) is 0 Å². The highest BCUT2D eigenvalue weighted by molar-refractivity contribution is 7.90. The molecule has 0 saturated heterocycles. The molecule has 0 aliphatic heterocycles. The van der Waals surface area contributed by atoms with E-state index in [0.29, 0.717) is 5.02 Å². The molecule has 18 heavy (non-hydrogen) atoms. The van der Waals surface area contributed by atoms with Gasteiger partial charge in [0.05, 0.1) is 11.9 Å². The summed E-state index contributed by atoms with van der Waals surface area (Å²) in [7, 11) is -3.34. The Kier molecular flexibility index (Phi) is 3.41. The molecule has 0 radical (unpaired) electrons. The molecule has 0 aliphatic carbocycles. The minimum Gasteiger partial charge on any atom is -0.222 e. The molecule has 0 spiro atoms. The van der Waals surface area contributed by atoms with Crippen LogP contribution in [-0.4, -0.2) is 29.7 Å². The molecule has 2 rings (SSSR count). The Labute approximate surface area is 110 Å². The van der Waals surface area contributed by atoms with Crippen molar-refractivity contribution in [3.05, 3.63) is 35.0 Å². The van der Waals surface area contributed by atoms with Crippen molar-refractivity contribution < 1.29 is 8.42 Å². The quantitative estimate of drug-likeness (QED) is 0.864. The lowest BCUT2D eigenvalue weighted by Gasteiger charge is -2.06. The monoisotopic (exact) mass is 285 g/mol. The van der Waals surface area contributed by atoms with E-state index in [4.69, 9.17) is 11.6 Å². The van der Waals surface area contributed by atoms with Crippen LogP contribution in [0.25, 0.3) is 5.69 Å². The number of aryl methyl sites for hydroxylation is 1. The van der Waals surface area contributed by atoms with Gasteiger partial charge < -0.3 is 0 Å². The summed E-state index contributed by atoms with van der Waals surface area (Å²) in [5.41, 5.74) is 1.76. The third-order valence-corrected chi connectivity index (χ3v) is 3.70. The highest BCUT2D eigenvalue weighted by Gasteiger charge is 2.14. The first-order valence-corrected chi connectivity index (χ1v) is 7.60.